The van der Waals surface area contributed by atoms with E-state index in [1.54, 1.807) is 0 Å². The SMILES string of the molecule is Cc1cc([C@H](C)N)ccc1OC1CCOC1=O. The van der Waals surface area contributed by atoms with Gasteiger partial charge in [0.1, 0.15) is 5.75 Å². The predicted molar refractivity (Wildman–Crippen MR) is 63.8 cm³/mol. The Labute approximate surface area is 101 Å². The number of carbonyl (C=O) groups is 1. The van der Waals surface area contributed by atoms with Gasteiger partial charge in [0.05, 0.1) is 6.61 Å². The van der Waals surface area contributed by atoms with Crippen LogP contribution < -0.4 is 10.5 Å². The smallest absolute Gasteiger partial charge is 0.347 e. The topological polar surface area (TPSA) is 61.6 Å². The van der Waals surface area contributed by atoms with Gasteiger partial charge in [-0.25, -0.2) is 4.79 Å². The molecule has 0 aliphatic carbocycles. The van der Waals surface area contributed by atoms with Crippen molar-refractivity contribution < 1.29 is 14.3 Å². The molecule has 1 unspecified atom stereocenters. The van der Waals surface area contributed by atoms with Gasteiger partial charge in [-0.1, -0.05) is 12.1 Å². The lowest BCUT2D eigenvalue weighted by Gasteiger charge is -2.14. The zero-order chi connectivity index (χ0) is 12.4. The molecule has 0 radical (unpaired) electrons. The van der Waals surface area contributed by atoms with Gasteiger partial charge in [0.25, 0.3) is 0 Å². The van der Waals surface area contributed by atoms with Gasteiger partial charge in [-0.15, -0.1) is 0 Å². The van der Waals surface area contributed by atoms with Crippen LogP contribution in [0.3, 0.4) is 0 Å². The van der Waals surface area contributed by atoms with E-state index in [2.05, 4.69) is 0 Å². The summed E-state index contributed by atoms with van der Waals surface area (Å²) in [5.74, 6) is 0.443. The molecule has 0 spiro atoms. The van der Waals surface area contributed by atoms with Crippen molar-refractivity contribution in [2.75, 3.05) is 6.61 Å². The van der Waals surface area contributed by atoms with Crippen molar-refractivity contribution in [3.8, 4) is 5.75 Å². The Morgan fingerprint density at radius 2 is 2.29 bits per heavy atom. The number of cyclic esters (lactones) is 1. The highest BCUT2D eigenvalue weighted by atomic mass is 16.6. The Morgan fingerprint density at radius 1 is 1.53 bits per heavy atom. The lowest BCUT2D eigenvalue weighted by molar-refractivity contribution is -0.143. The van der Waals surface area contributed by atoms with E-state index in [4.69, 9.17) is 15.2 Å². The largest absolute Gasteiger partial charge is 0.478 e. The Morgan fingerprint density at radius 3 is 2.82 bits per heavy atom. The number of hydrogen-bond acceptors (Lipinski definition) is 4. The minimum Gasteiger partial charge on any atom is -0.478 e. The summed E-state index contributed by atoms with van der Waals surface area (Å²) >= 11 is 0. The fourth-order valence-corrected chi connectivity index (χ4v) is 1.83. The van der Waals surface area contributed by atoms with Crippen LogP contribution in [0.1, 0.15) is 30.5 Å². The molecule has 2 rings (SSSR count). The average molecular weight is 235 g/mol. The van der Waals surface area contributed by atoms with Crippen LogP contribution in [0, 0.1) is 6.92 Å². The predicted octanol–water partition coefficient (Wildman–Crippen LogP) is 1.71. The summed E-state index contributed by atoms with van der Waals surface area (Å²) in [6, 6.07) is 5.77. The molecule has 92 valence electrons. The number of ether oxygens (including phenoxy) is 2. The maximum absolute atomic E-state index is 11.3. The van der Waals surface area contributed by atoms with E-state index in [0.29, 0.717) is 13.0 Å². The molecule has 1 aliphatic heterocycles. The average Bonchev–Trinajstić information content (AvgIpc) is 2.67. The van der Waals surface area contributed by atoms with Gasteiger partial charge >= 0.3 is 5.97 Å². The quantitative estimate of drug-likeness (QED) is 0.810. The first-order valence-corrected chi connectivity index (χ1v) is 5.77. The molecule has 4 nitrogen and oxygen atoms in total. The summed E-state index contributed by atoms with van der Waals surface area (Å²) in [5.41, 5.74) is 7.85. The second-order valence-electron chi connectivity index (χ2n) is 4.38. The van der Waals surface area contributed by atoms with Gasteiger partial charge in [0, 0.05) is 12.5 Å². The molecular formula is C13H17NO3. The third-order valence-corrected chi connectivity index (χ3v) is 2.88. The van der Waals surface area contributed by atoms with Gasteiger partial charge in [0.15, 0.2) is 6.10 Å². The number of benzene rings is 1. The van der Waals surface area contributed by atoms with E-state index < -0.39 is 6.10 Å². The Balaban J connectivity index is 2.14. The summed E-state index contributed by atoms with van der Waals surface area (Å²) in [6.45, 7) is 4.33. The van der Waals surface area contributed by atoms with E-state index in [0.717, 1.165) is 16.9 Å². The van der Waals surface area contributed by atoms with Crippen LogP contribution in [-0.2, 0) is 9.53 Å². The van der Waals surface area contributed by atoms with E-state index in [9.17, 15) is 4.79 Å². The van der Waals surface area contributed by atoms with Gasteiger partial charge in [0.2, 0.25) is 0 Å². The molecule has 0 saturated carbocycles. The van der Waals surface area contributed by atoms with Crippen molar-refractivity contribution in [3.63, 3.8) is 0 Å². The summed E-state index contributed by atoms with van der Waals surface area (Å²) in [5, 5.41) is 0. The standard InChI is InChI=1S/C13H17NO3/c1-8-7-10(9(2)14)3-4-11(8)17-12-5-6-16-13(12)15/h3-4,7,9,12H,5-6,14H2,1-2H3/t9-,12?/m0/s1. The maximum Gasteiger partial charge on any atom is 0.347 e. The van der Waals surface area contributed by atoms with Crippen molar-refractivity contribution in [1.29, 1.82) is 0 Å². The molecular weight excluding hydrogens is 218 g/mol. The normalized spacial score (nSPS) is 21.1. The maximum atomic E-state index is 11.3. The summed E-state index contributed by atoms with van der Waals surface area (Å²) in [7, 11) is 0. The molecule has 1 heterocycles. The zero-order valence-corrected chi connectivity index (χ0v) is 10.1. The van der Waals surface area contributed by atoms with Crippen LogP contribution in [0.5, 0.6) is 5.75 Å². The van der Waals surface area contributed by atoms with Crippen molar-refractivity contribution in [2.24, 2.45) is 5.73 Å². The Kier molecular flexibility index (Phi) is 3.33. The van der Waals surface area contributed by atoms with Gasteiger partial charge in [-0.05, 0) is 31.0 Å². The van der Waals surface area contributed by atoms with Gasteiger partial charge in [-0.3, -0.25) is 0 Å². The first kappa shape index (κ1) is 11.9. The van der Waals surface area contributed by atoms with Crippen molar-refractivity contribution in [3.05, 3.63) is 29.3 Å². The highest BCUT2D eigenvalue weighted by Gasteiger charge is 2.28. The first-order chi connectivity index (χ1) is 8.08. The fraction of sp³-hybridized carbons (Fsp3) is 0.462. The molecule has 1 aromatic rings. The van der Waals surface area contributed by atoms with E-state index in [1.165, 1.54) is 0 Å². The molecule has 1 saturated heterocycles. The van der Waals surface area contributed by atoms with Crippen LogP contribution in [0.2, 0.25) is 0 Å². The third-order valence-electron chi connectivity index (χ3n) is 2.88. The highest BCUT2D eigenvalue weighted by molar-refractivity contribution is 5.76. The molecule has 2 N–H and O–H groups in total. The number of rotatable bonds is 3. The molecule has 2 atom stereocenters. The molecule has 17 heavy (non-hydrogen) atoms. The van der Waals surface area contributed by atoms with Gasteiger partial charge < -0.3 is 15.2 Å². The van der Waals surface area contributed by atoms with Crippen LogP contribution >= 0.6 is 0 Å². The van der Waals surface area contributed by atoms with Crippen molar-refractivity contribution >= 4 is 5.97 Å². The summed E-state index contributed by atoms with van der Waals surface area (Å²) < 4.78 is 10.5. The van der Waals surface area contributed by atoms with E-state index in [1.807, 2.05) is 32.0 Å². The minimum atomic E-state index is -0.463. The van der Waals surface area contributed by atoms with Crippen LogP contribution in [-0.4, -0.2) is 18.7 Å². The third kappa shape index (κ3) is 2.58. The van der Waals surface area contributed by atoms with Crippen molar-refractivity contribution in [1.82, 2.24) is 0 Å². The fourth-order valence-electron chi connectivity index (χ4n) is 1.83. The van der Waals surface area contributed by atoms with Crippen LogP contribution in [0.4, 0.5) is 0 Å². The number of aryl methyl sites for hydroxylation is 1. The number of hydrogen-bond donors (Lipinski definition) is 1. The summed E-state index contributed by atoms with van der Waals surface area (Å²) in [6.07, 6.45) is 0.155. The number of esters is 1. The molecule has 1 aliphatic rings. The van der Waals surface area contributed by atoms with Crippen LogP contribution in [0.15, 0.2) is 18.2 Å². The highest BCUT2D eigenvalue weighted by Crippen LogP contribution is 2.24. The molecule has 0 bridgehead atoms. The van der Waals surface area contributed by atoms with E-state index in [-0.39, 0.29) is 12.0 Å². The minimum absolute atomic E-state index is 0.000745. The number of nitrogens with two attached hydrogens (primary N) is 1. The molecule has 0 amide bonds. The lowest BCUT2D eigenvalue weighted by Crippen LogP contribution is -2.22. The second-order valence-corrected chi connectivity index (χ2v) is 4.38. The molecule has 1 fully saturated rings. The van der Waals surface area contributed by atoms with Crippen molar-refractivity contribution in [2.45, 2.75) is 32.4 Å². The molecule has 4 heteroatoms. The monoisotopic (exact) mass is 235 g/mol. The van der Waals surface area contributed by atoms with Crippen LogP contribution in [0.25, 0.3) is 0 Å². The Bertz CT molecular complexity index is 429. The molecule has 1 aromatic carbocycles. The number of carbonyl (C=O) groups excluding carboxylic acids is 1. The summed E-state index contributed by atoms with van der Waals surface area (Å²) in [4.78, 5) is 11.3. The Hall–Kier alpha value is -1.55. The van der Waals surface area contributed by atoms with Gasteiger partial charge in [-0.2, -0.15) is 0 Å². The first-order valence-electron chi connectivity index (χ1n) is 5.77. The van der Waals surface area contributed by atoms with E-state index >= 15 is 0 Å². The zero-order valence-electron chi connectivity index (χ0n) is 10.1. The lowest BCUT2D eigenvalue weighted by atomic mass is 10.1. The second kappa shape index (κ2) is 4.75. The molecule has 0 aromatic heterocycles.